The van der Waals surface area contributed by atoms with Crippen molar-refractivity contribution >= 4 is 11.7 Å². The molecular formula is C18H15N3O4. The van der Waals surface area contributed by atoms with E-state index in [0.717, 1.165) is 5.56 Å². The normalized spacial score (nSPS) is 10.4. The maximum atomic E-state index is 11.5. The molecule has 0 unspecified atom stereocenters. The number of esters is 1. The number of ether oxygens (including phenoxy) is 1. The first-order valence-corrected chi connectivity index (χ1v) is 7.51. The molecule has 0 fully saturated rings. The molecule has 7 nitrogen and oxygen atoms in total. The van der Waals surface area contributed by atoms with E-state index in [9.17, 15) is 14.9 Å². The van der Waals surface area contributed by atoms with E-state index in [0.29, 0.717) is 23.5 Å². The number of imidazole rings is 1. The molecule has 0 aliphatic heterocycles. The van der Waals surface area contributed by atoms with Crippen LogP contribution in [0, 0.1) is 10.1 Å². The molecule has 126 valence electrons. The Morgan fingerprint density at radius 3 is 2.68 bits per heavy atom. The lowest BCUT2D eigenvalue weighted by atomic mass is 10.1. The number of carbonyl (C=O) groups excluding carboxylic acids is 1. The highest BCUT2D eigenvalue weighted by atomic mass is 16.6. The molecule has 0 amide bonds. The Hall–Kier alpha value is -3.48. The van der Waals surface area contributed by atoms with Crippen molar-refractivity contribution in [3.63, 3.8) is 0 Å². The lowest BCUT2D eigenvalue weighted by molar-refractivity contribution is -0.384. The summed E-state index contributed by atoms with van der Waals surface area (Å²) in [6, 6.07) is 13.4. The molecule has 0 spiro atoms. The average Bonchev–Trinajstić information content (AvgIpc) is 3.10. The molecule has 0 bridgehead atoms. The van der Waals surface area contributed by atoms with Crippen LogP contribution >= 0.6 is 0 Å². The Kier molecular flexibility index (Phi) is 4.56. The molecule has 3 aromatic rings. The van der Waals surface area contributed by atoms with Gasteiger partial charge in [-0.1, -0.05) is 24.3 Å². The number of rotatable bonds is 5. The number of aromatic nitrogens is 2. The lowest BCUT2D eigenvalue weighted by Gasteiger charge is -2.09. The minimum absolute atomic E-state index is 0.0227. The van der Waals surface area contributed by atoms with Gasteiger partial charge in [0.05, 0.1) is 17.6 Å². The Labute approximate surface area is 143 Å². The van der Waals surface area contributed by atoms with Gasteiger partial charge in [-0.05, 0) is 17.7 Å². The highest BCUT2D eigenvalue weighted by molar-refractivity contribution is 5.89. The van der Waals surface area contributed by atoms with E-state index >= 15 is 0 Å². The zero-order valence-electron chi connectivity index (χ0n) is 13.5. The summed E-state index contributed by atoms with van der Waals surface area (Å²) in [5.74, 6) is 0.257. The second-order valence-corrected chi connectivity index (χ2v) is 5.37. The fourth-order valence-electron chi connectivity index (χ4n) is 2.52. The molecule has 0 saturated carbocycles. The summed E-state index contributed by atoms with van der Waals surface area (Å²) in [6.45, 7) is 0.527. The number of nitrogens with zero attached hydrogens (tertiary/aromatic N) is 3. The fraction of sp³-hybridized carbons (Fsp3) is 0.111. The molecule has 0 aliphatic carbocycles. The molecule has 25 heavy (non-hydrogen) atoms. The second kappa shape index (κ2) is 6.96. The molecule has 0 saturated heterocycles. The maximum Gasteiger partial charge on any atom is 0.337 e. The third-order valence-corrected chi connectivity index (χ3v) is 3.76. The average molecular weight is 337 g/mol. The van der Waals surface area contributed by atoms with Crippen LogP contribution in [0.1, 0.15) is 15.9 Å². The van der Waals surface area contributed by atoms with E-state index in [4.69, 9.17) is 0 Å². The summed E-state index contributed by atoms with van der Waals surface area (Å²) in [5.41, 5.74) is 2.15. The van der Waals surface area contributed by atoms with Gasteiger partial charge in [0.2, 0.25) is 0 Å². The highest BCUT2D eigenvalue weighted by Crippen LogP contribution is 2.23. The predicted octanol–water partition coefficient (Wildman–Crippen LogP) is 3.29. The van der Waals surface area contributed by atoms with E-state index in [1.54, 1.807) is 30.5 Å². The number of nitro groups is 1. The molecule has 0 atom stereocenters. The van der Waals surface area contributed by atoms with E-state index < -0.39 is 4.92 Å². The van der Waals surface area contributed by atoms with Crippen LogP contribution in [-0.2, 0) is 11.3 Å². The van der Waals surface area contributed by atoms with Gasteiger partial charge in [0, 0.05) is 36.6 Å². The summed E-state index contributed by atoms with van der Waals surface area (Å²) < 4.78 is 6.58. The Bertz CT molecular complexity index is 916. The number of hydrogen-bond acceptors (Lipinski definition) is 5. The van der Waals surface area contributed by atoms with Crippen molar-refractivity contribution in [1.82, 2.24) is 9.55 Å². The van der Waals surface area contributed by atoms with Crippen molar-refractivity contribution in [2.24, 2.45) is 0 Å². The van der Waals surface area contributed by atoms with Crippen LogP contribution in [0.25, 0.3) is 11.4 Å². The molecule has 0 N–H and O–H groups in total. The highest BCUT2D eigenvalue weighted by Gasteiger charge is 2.12. The van der Waals surface area contributed by atoms with E-state index in [1.165, 1.54) is 19.2 Å². The van der Waals surface area contributed by atoms with Gasteiger partial charge in [0.15, 0.2) is 0 Å². The van der Waals surface area contributed by atoms with Crippen LogP contribution in [0.3, 0.4) is 0 Å². The first-order valence-electron chi connectivity index (χ1n) is 7.51. The number of benzene rings is 2. The van der Waals surface area contributed by atoms with E-state index in [-0.39, 0.29) is 11.7 Å². The molecule has 1 aromatic heterocycles. The number of methoxy groups -OCH3 is 1. The van der Waals surface area contributed by atoms with Gasteiger partial charge >= 0.3 is 5.97 Å². The Morgan fingerprint density at radius 1 is 1.24 bits per heavy atom. The first-order chi connectivity index (χ1) is 12.1. The Balaban J connectivity index is 1.86. The van der Waals surface area contributed by atoms with Crippen molar-refractivity contribution in [3.8, 4) is 11.4 Å². The number of carbonyl (C=O) groups is 1. The SMILES string of the molecule is COC(=O)c1ccc(Cn2ccnc2-c2cccc([N+](=O)[O-])c2)cc1. The van der Waals surface area contributed by atoms with Gasteiger partial charge in [-0.3, -0.25) is 10.1 Å². The van der Waals surface area contributed by atoms with Crippen molar-refractivity contribution in [2.45, 2.75) is 6.54 Å². The summed E-state index contributed by atoms with van der Waals surface area (Å²) in [5, 5.41) is 11.0. The number of hydrogen-bond donors (Lipinski definition) is 0. The third kappa shape index (κ3) is 3.55. The van der Waals surface area contributed by atoms with Crippen LogP contribution in [0.15, 0.2) is 60.9 Å². The monoisotopic (exact) mass is 337 g/mol. The van der Waals surface area contributed by atoms with Gasteiger partial charge in [-0.15, -0.1) is 0 Å². The lowest BCUT2D eigenvalue weighted by Crippen LogP contribution is -2.04. The molecule has 0 radical (unpaired) electrons. The quantitative estimate of drug-likeness (QED) is 0.405. The minimum Gasteiger partial charge on any atom is -0.465 e. The number of non-ortho nitro benzene ring substituents is 1. The largest absolute Gasteiger partial charge is 0.465 e. The second-order valence-electron chi connectivity index (χ2n) is 5.37. The molecule has 1 heterocycles. The van der Waals surface area contributed by atoms with E-state index in [1.807, 2.05) is 22.9 Å². The molecule has 3 rings (SSSR count). The van der Waals surface area contributed by atoms with Crippen LogP contribution in [0.5, 0.6) is 0 Å². The van der Waals surface area contributed by atoms with Crippen LogP contribution in [0.2, 0.25) is 0 Å². The molecular weight excluding hydrogens is 322 g/mol. The molecule has 0 aliphatic rings. The first kappa shape index (κ1) is 16.4. The maximum absolute atomic E-state index is 11.5. The topological polar surface area (TPSA) is 87.3 Å². The van der Waals surface area contributed by atoms with Crippen molar-refractivity contribution in [1.29, 1.82) is 0 Å². The van der Waals surface area contributed by atoms with Gasteiger partial charge in [-0.25, -0.2) is 9.78 Å². The summed E-state index contributed by atoms with van der Waals surface area (Å²) in [6.07, 6.45) is 3.46. The van der Waals surface area contributed by atoms with Gasteiger partial charge in [0.25, 0.3) is 5.69 Å². The smallest absolute Gasteiger partial charge is 0.337 e. The van der Waals surface area contributed by atoms with Crippen molar-refractivity contribution < 1.29 is 14.5 Å². The fourth-order valence-corrected chi connectivity index (χ4v) is 2.52. The van der Waals surface area contributed by atoms with Crippen LogP contribution < -0.4 is 0 Å². The summed E-state index contributed by atoms with van der Waals surface area (Å²) >= 11 is 0. The van der Waals surface area contributed by atoms with Crippen LogP contribution in [-0.4, -0.2) is 27.6 Å². The van der Waals surface area contributed by atoms with Gasteiger partial charge in [0.1, 0.15) is 5.82 Å². The van der Waals surface area contributed by atoms with Gasteiger partial charge < -0.3 is 9.30 Å². The zero-order chi connectivity index (χ0) is 17.8. The van der Waals surface area contributed by atoms with Crippen LogP contribution in [0.4, 0.5) is 5.69 Å². The van der Waals surface area contributed by atoms with Crippen molar-refractivity contribution in [3.05, 3.63) is 82.2 Å². The zero-order valence-corrected chi connectivity index (χ0v) is 13.5. The van der Waals surface area contributed by atoms with Crippen molar-refractivity contribution in [2.75, 3.05) is 7.11 Å². The van der Waals surface area contributed by atoms with Gasteiger partial charge in [-0.2, -0.15) is 0 Å². The Morgan fingerprint density at radius 2 is 2.00 bits per heavy atom. The predicted molar refractivity (Wildman–Crippen MR) is 91.2 cm³/mol. The molecule has 2 aromatic carbocycles. The summed E-state index contributed by atoms with van der Waals surface area (Å²) in [7, 11) is 1.34. The molecule has 7 heteroatoms. The number of nitro benzene ring substituents is 1. The summed E-state index contributed by atoms with van der Waals surface area (Å²) in [4.78, 5) is 26.3. The van der Waals surface area contributed by atoms with E-state index in [2.05, 4.69) is 9.72 Å². The third-order valence-electron chi connectivity index (χ3n) is 3.76. The standard InChI is InChI=1S/C18H15N3O4/c1-25-18(22)14-7-5-13(6-8-14)12-20-10-9-19-17(20)15-3-2-4-16(11-15)21(23)24/h2-11H,12H2,1H3. The minimum atomic E-state index is -0.428.